The Balaban J connectivity index is 2.39. The average molecular weight is 420 g/mol. The molecule has 0 radical (unpaired) electrons. The molecule has 0 bridgehead atoms. The molecule has 164 valence electrons. The quantitative estimate of drug-likeness (QED) is 0.336. The van der Waals surface area contributed by atoms with E-state index in [-0.39, 0.29) is 5.92 Å². The standard InChI is InChI=1S/C20H29BN2O7/c1-11(2)10-13(21(27)28)22-18(24)17-15(20(26)30-4)14(19(25)29-3)16(23-17)12-8-6-5-7-9-12/h5-9,11,13-17,23,27-28H,10H2,1-4H3,(H,22,24)/t13?,14?,15?,16?,17-/m1/s1. The monoisotopic (exact) mass is 420 g/mol. The predicted molar refractivity (Wildman–Crippen MR) is 109 cm³/mol. The third-order valence-electron chi connectivity index (χ3n) is 5.26. The van der Waals surface area contributed by atoms with Crippen LogP contribution in [-0.4, -0.2) is 61.2 Å². The lowest BCUT2D eigenvalue weighted by atomic mass is 9.74. The summed E-state index contributed by atoms with van der Waals surface area (Å²) >= 11 is 0. The molecule has 1 aromatic rings. The highest BCUT2D eigenvalue weighted by atomic mass is 16.5. The van der Waals surface area contributed by atoms with E-state index in [1.54, 1.807) is 24.3 Å². The lowest BCUT2D eigenvalue weighted by Crippen LogP contribution is -2.54. The van der Waals surface area contributed by atoms with Crippen molar-refractivity contribution in [2.75, 3.05) is 14.2 Å². The Morgan fingerprint density at radius 1 is 1.07 bits per heavy atom. The summed E-state index contributed by atoms with van der Waals surface area (Å²) in [5.41, 5.74) is 0.707. The largest absolute Gasteiger partial charge is 0.475 e. The zero-order valence-corrected chi connectivity index (χ0v) is 17.6. The van der Waals surface area contributed by atoms with Crippen LogP contribution in [0, 0.1) is 17.8 Å². The Bertz CT molecular complexity index is 744. The number of methoxy groups -OCH3 is 2. The SMILES string of the molecule is COC(=O)C1C(c2ccccc2)N[C@@H](C(=O)NC(CC(C)C)B(O)O)C1C(=O)OC. The van der Waals surface area contributed by atoms with Gasteiger partial charge in [0.1, 0.15) is 6.04 Å². The molecular weight excluding hydrogens is 391 g/mol. The van der Waals surface area contributed by atoms with E-state index in [0.29, 0.717) is 12.0 Å². The number of esters is 2. The van der Waals surface area contributed by atoms with Crippen molar-refractivity contribution in [2.45, 2.75) is 38.3 Å². The molecular formula is C20H29BN2O7. The highest BCUT2D eigenvalue weighted by Crippen LogP contribution is 2.39. The van der Waals surface area contributed by atoms with E-state index in [4.69, 9.17) is 9.47 Å². The number of carbonyl (C=O) groups excluding carboxylic acids is 3. The smallest absolute Gasteiger partial charge is 0.469 e. The first-order valence-electron chi connectivity index (χ1n) is 9.84. The summed E-state index contributed by atoms with van der Waals surface area (Å²) in [6, 6.07) is 7.15. The van der Waals surface area contributed by atoms with E-state index >= 15 is 0 Å². The Labute approximate surface area is 176 Å². The van der Waals surface area contributed by atoms with Crippen LogP contribution in [0.15, 0.2) is 30.3 Å². The Morgan fingerprint density at radius 2 is 1.63 bits per heavy atom. The molecule has 0 aromatic heterocycles. The maximum Gasteiger partial charge on any atom is 0.475 e. The van der Waals surface area contributed by atoms with Gasteiger partial charge < -0.3 is 24.8 Å². The van der Waals surface area contributed by atoms with Gasteiger partial charge in [0.15, 0.2) is 0 Å². The number of hydrogen-bond donors (Lipinski definition) is 4. The van der Waals surface area contributed by atoms with E-state index in [1.807, 2.05) is 19.9 Å². The van der Waals surface area contributed by atoms with Gasteiger partial charge in [-0.05, 0) is 17.9 Å². The summed E-state index contributed by atoms with van der Waals surface area (Å²) in [6.45, 7) is 3.76. The highest BCUT2D eigenvalue weighted by Gasteiger charge is 2.55. The summed E-state index contributed by atoms with van der Waals surface area (Å²) in [5, 5.41) is 24.9. The van der Waals surface area contributed by atoms with Gasteiger partial charge in [-0.3, -0.25) is 19.7 Å². The van der Waals surface area contributed by atoms with Gasteiger partial charge in [-0.25, -0.2) is 0 Å². The van der Waals surface area contributed by atoms with Gasteiger partial charge in [0.2, 0.25) is 5.91 Å². The number of nitrogens with one attached hydrogen (secondary N) is 2. The minimum atomic E-state index is -1.77. The molecule has 4 N–H and O–H groups in total. The molecule has 10 heteroatoms. The van der Waals surface area contributed by atoms with Crippen molar-refractivity contribution in [1.82, 2.24) is 10.6 Å². The first-order chi connectivity index (χ1) is 14.2. The maximum atomic E-state index is 13.1. The summed E-state index contributed by atoms with van der Waals surface area (Å²) < 4.78 is 9.79. The molecule has 0 saturated carbocycles. The zero-order chi connectivity index (χ0) is 22.4. The number of benzene rings is 1. The van der Waals surface area contributed by atoms with Crippen LogP contribution < -0.4 is 10.6 Å². The van der Waals surface area contributed by atoms with Crippen LogP contribution in [0.1, 0.15) is 31.9 Å². The molecule has 1 amide bonds. The third-order valence-corrected chi connectivity index (χ3v) is 5.26. The van der Waals surface area contributed by atoms with Crippen LogP contribution in [0.25, 0.3) is 0 Å². The Morgan fingerprint density at radius 3 is 2.13 bits per heavy atom. The van der Waals surface area contributed by atoms with E-state index < -0.39 is 54.8 Å². The van der Waals surface area contributed by atoms with Crippen molar-refractivity contribution in [3.63, 3.8) is 0 Å². The summed E-state index contributed by atoms with van der Waals surface area (Å²) in [6.07, 6.45) is 0.321. The molecule has 0 aliphatic carbocycles. The van der Waals surface area contributed by atoms with Crippen molar-refractivity contribution in [3.05, 3.63) is 35.9 Å². The lowest BCUT2D eigenvalue weighted by molar-refractivity contribution is -0.157. The molecule has 0 spiro atoms. The molecule has 1 fully saturated rings. The van der Waals surface area contributed by atoms with Crippen LogP contribution in [-0.2, 0) is 23.9 Å². The molecule has 1 heterocycles. The van der Waals surface area contributed by atoms with E-state index in [2.05, 4.69) is 10.6 Å². The van der Waals surface area contributed by atoms with Gasteiger partial charge in [0.25, 0.3) is 0 Å². The minimum absolute atomic E-state index is 0.0879. The Hall–Kier alpha value is -2.43. The number of ether oxygens (including phenoxy) is 2. The summed E-state index contributed by atoms with van der Waals surface area (Å²) in [5.74, 6) is -5.00. The average Bonchev–Trinajstić information content (AvgIpc) is 3.13. The van der Waals surface area contributed by atoms with Crippen LogP contribution in [0.4, 0.5) is 0 Å². The second-order valence-electron chi connectivity index (χ2n) is 7.79. The number of amides is 1. The van der Waals surface area contributed by atoms with Gasteiger partial charge in [0, 0.05) is 6.04 Å². The van der Waals surface area contributed by atoms with Gasteiger partial charge in [-0.15, -0.1) is 0 Å². The number of rotatable bonds is 8. The number of carbonyl (C=O) groups is 3. The zero-order valence-electron chi connectivity index (χ0n) is 17.6. The van der Waals surface area contributed by atoms with Crippen molar-refractivity contribution in [3.8, 4) is 0 Å². The molecule has 1 aliphatic heterocycles. The van der Waals surface area contributed by atoms with Crippen molar-refractivity contribution >= 4 is 25.0 Å². The van der Waals surface area contributed by atoms with Crippen molar-refractivity contribution in [1.29, 1.82) is 0 Å². The van der Waals surface area contributed by atoms with E-state index in [1.165, 1.54) is 14.2 Å². The molecule has 30 heavy (non-hydrogen) atoms. The summed E-state index contributed by atoms with van der Waals surface area (Å²) in [4.78, 5) is 38.2. The molecule has 9 nitrogen and oxygen atoms in total. The van der Waals surface area contributed by atoms with E-state index in [0.717, 1.165) is 0 Å². The molecule has 1 saturated heterocycles. The van der Waals surface area contributed by atoms with Crippen molar-refractivity contribution in [2.24, 2.45) is 17.8 Å². The fourth-order valence-electron chi connectivity index (χ4n) is 3.89. The second kappa shape index (κ2) is 10.6. The Kier molecular flexibility index (Phi) is 8.39. The van der Waals surface area contributed by atoms with Crippen LogP contribution in [0.3, 0.4) is 0 Å². The third kappa shape index (κ3) is 5.38. The lowest BCUT2D eigenvalue weighted by Gasteiger charge is -2.24. The second-order valence-corrected chi connectivity index (χ2v) is 7.79. The van der Waals surface area contributed by atoms with Crippen molar-refractivity contribution < 1.29 is 33.9 Å². The van der Waals surface area contributed by atoms with Crippen LogP contribution in [0.5, 0.6) is 0 Å². The van der Waals surface area contributed by atoms with Gasteiger partial charge >= 0.3 is 19.1 Å². The minimum Gasteiger partial charge on any atom is -0.469 e. The molecule has 4 unspecified atom stereocenters. The fourth-order valence-corrected chi connectivity index (χ4v) is 3.89. The van der Waals surface area contributed by atoms with Crippen LogP contribution in [0.2, 0.25) is 0 Å². The van der Waals surface area contributed by atoms with Gasteiger partial charge in [-0.1, -0.05) is 44.2 Å². The summed E-state index contributed by atoms with van der Waals surface area (Å²) in [7, 11) is 0.628. The van der Waals surface area contributed by atoms with Gasteiger partial charge in [0.05, 0.1) is 32.0 Å². The molecule has 1 aromatic carbocycles. The first kappa shape index (κ1) is 23.9. The fraction of sp³-hybridized carbons (Fsp3) is 0.550. The molecule has 1 aliphatic rings. The normalized spacial score (nSPS) is 24.2. The topological polar surface area (TPSA) is 134 Å². The van der Waals surface area contributed by atoms with E-state index in [9.17, 15) is 24.4 Å². The van der Waals surface area contributed by atoms with Crippen LogP contribution >= 0.6 is 0 Å². The predicted octanol–water partition coefficient (Wildman–Crippen LogP) is -0.179. The van der Waals surface area contributed by atoms with Gasteiger partial charge in [-0.2, -0.15) is 0 Å². The first-order valence-corrected chi connectivity index (χ1v) is 9.84. The maximum absolute atomic E-state index is 13.1. The molecule has 2 rings (SSSR count). The molecule has 5 atom stereocenters. The number of hydrogen-bond acceptors (Lipinski definition) is 8. The highest BCUT2D eigenvalue weighted by molar-refractivity contribution is 6.43.